The first-order valence-electron chi connectivity index (χ1n) is 4.66. The van der Waals surface area contributed by atoms with Crippen LogP contribution in [0.1, 0.15) is 0 Å². The van der Waals surface area contributed by atoms with Gasteiger partial charge in [-0.15, -0.1) is 0 Å². The number of rotatable bonds is 3. The molecule has 0 unspecified atom stereocenters. The standard InChI is InChI=1S/C13H10FO/c14-10-15-13-8-4-7-12(9-13)11-5-2-1-3-6-11/h1-6,8-9H,10H2. The Bertz CT molecular complexity index is 426. The van der Waals surface area contributed by atoms with Crippen molar-refractivity contribution >= 4 is 0 Å². The smallest absolute Gasteiger partial charge is 0.228 e. The van der Waals surface area contributed by atoms with Crippen LogP contribution in [-0.2, 0) is 0 Å². The van der Waals surface area contributed by atoms with Gasteiger partial charge in [0.15, 0.2) is 0 Å². The normalized spacial score (nSPS) is 9.93. The van der Waals surface area contributed by atoms with Crippen LogP contribution in [0, 0.1) is 6.07 Å². The first-order valence-corrected chi connectivity index (χ1v) is 4.66. The van der Waals surface area contributed by atoms with Gasteiger partial charge in [-0.3, -0.25) is 0 Å². The van der Waals surface area contributed by atoms with Crippen molar-refractivity contribution in [2.45, 2.75) is 0 Å². The Morgan fingerprint density at radius 1 is 1.13 bits per heavy atom. The van der Waals surface area contributed by atoms with Gasteiger partial charge in [0.05, 0.1) is 0 Å². The lowest BCUT2D eigenvalue weighted by molar-refractivity contribution is 0.192. The summed E-state index contributed by atoms with van der Waals surface area (Å²) in [5.41, 5.74) is 1.95. The van der Waals surface area contributed by atoms with Gasteiger partial charge in [-0.05, 0) is 29.3 Å². The van der Waals surface area contributed by atoms with Crippen molar-refractivity contribution in [3.63, 3.8) is 0 Å². The molecule has 0 saturated carbocycles. The molecule has 0 aromatic heterocycles. The first kappa shape index (κ1) is 9.71. The van der Waals surface area contributed by atoms with Gasteiger partial charge >= 0.3 is 0 Å². The molecule has 0 heterocycles. The summed E-state index contributed by atoms with van der Waals surface area (Å²) in [5, 5.41) is 0. The molecule has 15 heavy (non-hydrogen) atoms. The van der Waals surface area contributed by atoms with Gasteiger partial charge in [0.1, 0.15) is 5.75 Å². The van der Waals surface area contributed by atoms with Crippen molar-refractivity contribution < 1.29 is 9.13 Å². The molecule has 1 radical (unpaired) electrons. The Morgan fingerprint density at radius 2 is 1.93 bits per heavy atom. The van der Waals surface area contributed by atoms with Crippen molar-refractivity contribution in [2.24, 2.45) is 0 Å². The molecule has 0 bridgehead atoms. The third kappa shape index (κ3) is 2.34. The summed E-state index contributed by atoms with van der Waals surface area (Å²) in [4.78, 5) is 0. The lowest BCUT2D eigenvalue weighted by Crippen LogP contribution is -1.89. The van der Waals surface area contributed by atoms with Gasteiger partial charge in [-0.1, -0.05) is 36.4 Å². The second-order valence-electron chi connectivity index (χ2n) is 3.06. The summed E-state index contributed by atoms with van der Waals surface area (Å²) in [5.74, 6) is 0.523. The molecule has 0 amide bonds. The molecular weight excluding hydrogens is 191 g/mol. The number of halogens is 1. The Hall–Kier alpha value is -1.83. The van der Waals surface area contributed by atoms with E-state index >= 15 is 0 Å². The monoisotopic (exact) mass is 201 g/mol. The lowest BCUT2D eigenvalue weighted by atomic mass is 10.1. The fourth-order valence-electron chi connectivity index (χ4n) is 1.38. The number of alkyl halides is 1. The molecule has 0 aliphatic carbocycles. The summed E-state index contributed by atoms with van der Waals surface area (Å²) in [7, 11) is 0. The highest BCUT2D eigenvalue weighted by Crippen LogP contribution is 2.22. The molecule has 0 atom stereocenters. The van der Waals surface area contributed by atoms with Gasteiger partial charge in [0.2, 0.25) is 6.86 Å². The predicted octanol–water partition coefficient (Wildman–Crippen LogP) is 3.46. The van der Waals surface area contributed by atoms with E-state index in [0.717, 1.165) is 11.1 Å². The van der Waals surface area contributed by atoms with E-state index in [2.05, 4.69) is 6.07 Å². The quantitative estimate of drug-likeness (QED) is 0.738. The van der Waals surface area contributed by atoms with Gasteiger partial charge in [0, 0.05) is 0 Å². The number of hydrogen-bond acceptors (Lipinski definition) is 1. The maximum Gasteiger partial charge on any atom is 0.228 e. The van der Waals surface area contributed by atoms with Crippen LogP contribution in [0.5, 0.6) is 5.75 Å². The summed E-state index contributed by atoms with van der Waals surface area (Å²) < 4.78 is 16.8. The average Bonchev–Trinajstić information content (AvgIpc) is 2.31. The van der Waals surface area contributed by atoms with E-state index in [1.54, 1.807) is 18.2 Å². The van der Waals surface area contributed by atoms with E-state index in [0.29, 0.717) is 5.75 Å². The predicted molar refractivity (Wildman–Crippen MR) is 57.3 cm³/mol. The summed E-state index contributed by atoms with van der Waals surface area (Å²) in [6, 6.07) is 18.1. The maximum absolute atomic E-state index is 12.0. The molecular formula is C13H10FO. The van der Waals surface area contributed by atoms with Crippen LogP contribution in [0.25, 0.3) is 11.1 Å². The Kier molecular flexibility index (Phi) is 2.98. The summed E-state index contributed by atoms with van der Waals surface area (Å²) in [6.45, 7) is -0.807. The molecule has 2 heteroatoms. The third-order valence-electron chi connectivity index (χ3n) is 2.08. The van der Waals surface area contributed by atoms with Crippen LogP contribution in [0.3, 0.4) is 0 Å². The number of benzene rings is 2. The van der Waals surface area contributed by atoms with Crippen LogP contribution >= 0.6 is 0 Å². The highest BCUT2D eigenvalue weighted by molar-refractivity contribution is 5.64. The SMILES string of the molecule is FCOc1cc[c]c(-c2ccccc2)c1. The van der Waals surface area contributed by atoms with Gasteiger partial charge < -0.3 is 4.74 Å². The second-order valence-corrected chi connectivity index (χ2v) is 3.06. The van der Waals surface area contributed by atoms with Gasteiger partial charge in [-0.2, -0.15) is 0 Å². The van der Waals surface area contributed by atoms with E-state index in [4.69, 9.17) is 4.74 Å². The van der Waals surface area contributed by atoms with E-state index in [1.807, 2.05) is 30.3 Å². The average molecular weight is 201 g/mol. The molecule has 2 aromatic rings. The number of ether oxygens (including phenoxy) is 1. The van der Waals surface area contributed by atoms with Crippen LogP contribution in [0.15, 0.2) is 48.5 Å². The minimum atomic E-state index is -0.807. The number of hydrogen-bond donors (Lipinski definition) is 0. The van der Waals surface area contributed by atoms with E-state index in [9.17, 15) is 4.39 Å². The summed E-state index contributed by atoms with van der Waals surface area (Å²) in [6.07, 6.45) is 0. The second kappa shape index (κ2) is 4.60. The van der Waals surface area contributed by atoms with E-state index in [1.165, 1.54) is 0 Å². The summed E-state index contributed by atoms with van der Waals surface area (Å²) >= 11 is 0. The Labute approximate surface area is 88.1 Å². The minimum absolute atomic E-state index is 0.523. The van der Waals surface area contributed by atoms with Crippen molar-refractivity contribution in [1.29, 1.82) is 0 Å². The highest BCUT2D eigenvalue weighted by atomic mass is 19.1. The van der Waals surface area contributed by atoms with E-state index in [-0.39, 0.29) is 0 Å². The molecule has 1 nitrogen and oxygen atoms in total. The molecule has 0 fully saturated rings. The van der Waals surface area contributed by atoms with Crippen molar-refractivity contribution in [3.8, 4) is 16.9 Å². The van der Waals surface area contributed by atoms with Gasteiger partial charge in [0.25, 0.3) is 0 Å². The lowest BCUT2D eigenvalue weighted by Gasteiger charge is -2.04. The Balaban J connectivity index is 2.33. The highest BCUT2D eigenvalue weighted by Gasteiger charge is 1.99. The zero-order valence-corrected chi connectivity index (χ0v) is 8.11. The third-order valence-corrected chi connectivity index (χ3v) is 2.08. The van der Waals surface area contributed by atoms with Crippen LogP contribution in [0.4, 0.5) is 4.39 Å². The van der Waals surface area contributed by atoms with Gasteiger partial charge in [-0.25, -0.2) is 4.39 Å². The Morgan fingerprint density at radius 3 is 2.67 bits per heavy atom. The molecule has 0 aliphatic rings. The fourth-order valence-corrected chi connectivity index (χ4v) is 1.38. The van der Waals surface area contributed by atoms with Crippen molar-refractivity contribution in [1.82, 2.24) is 0 Å². The minimum Gasteiger partial charge on any atom is -0.463 e. The molecule has 0 N–H and O–H groups in total. The topological polar surface area (TPSA) is 9.23 Å². The molecule has 75 valence electrons. The molecule has 0 spiro atoms. The fraction of sp³-hybridized carbons (Fsp3) is 0.0769. The maximum atomic E-state index is 12.0. The molecule has 0 aliphatic heterocycles. The zero-order chi connectivity index (χ0) is 10.5. The van der Waals surface area contributed by atoms with Crippen molar-refractivity contribution in [3.05, 3.63) is 54.6 Å². The molecule has 2 aromatic carbocycles. The van der Waals surface area contributed by atoms with Crippen LogP contribution in [-0.4, -0.2) is 6.86 Å². The first-order chi connectivity index (χ1) is 7.40. The zero-order valence-electron chi connectivity index (χ0n) is 8.11. The van der Waals surface area contributed by atoms with Crippen LogP contribution in [0.2, 0.25) is 0 Å². The molecule has 2 rings (SSSR count). The van der Waals surface area contributed by atoms with E-state index < -0.39 is 6.86 Å². The van der Waals surface area contributed by atoms with Crippen LogP contribution < -0.4 is 4.74 Å². The molecule has 0 saturated heterocycles. The largest absolute Gasteiger partial charge is 0.463 e. The van der Waals surface area contributed by atoms with Crippen molar-refractivity contribution in [2.75, 3.05) is 6.86 Å².